The molecule has 0 fully saturated rings. The molecule has 0 radical (unpaired) electrons. The number of rotatable bonds is 1. The van der Waals surface area contributed by atoms with Crippen LogP contribution in [-0.4, -0.2) is 5.66 Å². The van der Waals surface area contributed by atoms with Crippen LogP contribution in [0.1, 0.15) is 6.92 Å². The zero-order chi connectivity index (χ0) is 6.78. The van der Waals surface area contributed by atoms with Crippen molar-refractivity contribution in [2.75, 3.05) is 0 Å². The molecule has 0 bridgehead atoms. The average Bonchev–Trinajstić information content (AvgIpc) is 1.62. The molecule has 2 atom stereocenters. The lowest BCUT2D eigenvalue weighted by Crippen LogP contribution is -2.01. The number of nitrogens with two attached hydrogens (primary N) is 1. The van der Waals surface area contributed by atoms with Gasteiger partial charge >= 0.3 is 0 Å². The van der Waals surface area contributed by atoms with E-state index in [0.29, 0.717) is 0 Å². The van der Waals surface area contributed by atoms with Crippen molar-refractivity contribution in [1.82, 2.24) is 0 Å². The Labute approximate surface area is 52.6 Å². The quantitative estimate of drug-likeness (QED) is 0.576. The number of nitriles is 1. The predicted molar refractivity (Wildman–Crippen MR) is 32.7 cm³/mol. The molecule has 0 saturated carbocycles. The molecule has 0 aromatic heterocycles. The van der Waals surface area contributed by atoms with Crippen LogP contribution in [0.15, 0.2) is 0 Å². The van der Waals surface area contributed by atoms with Crippen molar-refractivity contribution >= 4 is 17.9 Å². The van der Waals surface area contributed by atoms with Crippen molar-refractivity contribution in [1.29, 1.82) is 5.26 Å². The summed E-state index contributed by atoms with van der Waals surface area (Å²) in [7, 11) is 0. The summed E-state index contributed by atoms with van der Waals surface area (Å²) in [5, 5.41) is 8.08. The molecule has 0 spiro atoms. The highest BCUT2D eigenvalue weighted by molar-refractivity contribution is 7.88. The fourth-order valence-corrected chi connectivity index (χ4v) is 0.367. The summed E-state index contributed by atoms with van der Waals surface area (Å²) >= 11 is 5.09. The van der Waals surface area contributed by atoms with Crippen molar-refractivity contribution in [2.45, 2.75) is 12.6 Å². The first-order chi connectivity index (χ1) is 3.48. The minimum atomic E-state index is -3.15. The van der Waals surface area contributed by atoms with Gasteiger partial charge in [0, 0.05) is 0 Å². The zero-order valence-electron chi connectivity index (χ0n) is 4.34. The van der Waals surface area contributed by atoms with E-state index in [1.54, 1.807) is 6.07 Å². The fourth-order valence-electron chi connectivity index (χ4n) is 0.0787. The van der Waals surface area contributed by atoms with Crippen LogP contribution in [0.2, 0.25) is 0 Å². The topological polar surface area (TPSA) is 66.9 Å². The van der Waals surface area contributed by atoms with Gasteiger partial charge in [0.05, 0.1) is 6.07 Å². The van der Waals surface area contributed by atoms with Gasteiger partial charge in [0.2, 0.25) is 6.65 Å². The van der Waals surface area contributed by atoms with E-state index in [2.05, 4.69) is 0 Å². The summed E-state index contributed by atoms with van der Waals surface area (Å²) < 4.78 is 10.5. The number of hydrogen-bond acceptors (Lipinski definition) is 2. The molecule has 0 rings (SSSR count). The first kappa shape index (κ1) is 7.97. The normalized spacial score (nSPS) is 20.8. The van der Waals surface area contributed by atoms with Crippen LogP contribution in [0.5, 0.6) is 0 Å². The van der Waals surface area contributed by atoms with Crippen LogP contribution in [0.3, 0.4) is 0 Å². The highest BCUT2D eigenvalue weighted by atomic mass is 35.7. The van der Waals surface area contributed by atoms with E-state index in [4.69, 9.17) is 22.0 Å². The monoisotopic (exact) mass is 152 g/mol. The second kappa shape index (κ2) is 2.50. The van der Waals surface area contributed by atoms with Gasteiger partial charge in [-0.3, -0.25) is 10.1 Å². The predicted octanol–water partition coefficient (Wildman–Crippen LogP) is 1.29. The standard InChI is InChI=1S/C3H6ClN2OP/c1-3(2-5)8(4,6)7/h3H,1H3,(H2,6,7). The minimum Gasteiger partial charge on any atom is -0.288 e. The van der Waals surface area contributed by atoms with E-state index < -0.39 is 12.3 Å². The molecule has 2 N–H and O–H groups in total. The Kier molecular flexibility index (Phi) is 2.49. The van der Waals surface area contributed by atoms with E-state index >= 15 is 0 Å². The van der Waals surface area contributed by atoms with Crippen LogP contribution in [0.4, 0.5) is 0 Å². The van der Waals surface area contributed by atoms with Gasteiger partial charge < -0.3 is 0 Å². The van der Waals surface area contributed by atoms with Crippen molar-refractivity contribution in [3.8, 4) is 6.07 Å². The third-order valence-corrected chi connectivity index (χ3v) is 2.76. The minimum absolute atomic E-state index is 0.746. The Hall–Kier alpha value is -0.0300. The molecule has 0 amide bonds. The smallest absolute Gasteiger partial charge is 0.246 e. The van der Waals surface area contributed by atoms with Gasteiger partial charge in [-0.15, -0.1) is 0 Å². The maximum Gasteiger partial charge on any atom is 0.246 e. The molecular weight excluding hydrogens is 146 g/mol. The molecule has 0 aliphatic rings. The molecule has 0 saturated heterocycles. The molecule has 2 unspecified atom stereocenters. The summed E-state index contributed by atoms with van der Waals surface area (Å²) in [6.07, 6.45) is 0. The molecule has 0 aliphatic heterocycles. The summed E-state index contributed by atoms with van der Waals surface area (Å²) in [4.78, 5) is 0. The molecule has 0 aromatic carbocycles. The van der Waals surface area contributed by atoms with Crippen molar-refractivity contribution in [3.63, 3.8) is 0 Å². The first-order valence-electron chi connectivity index (χ1n) is 1.96. The van der Waals surface area contributed by atoms with Crippen molar-refractivity contribution in [3.05, 3.63) is 0 Å². The SMILES string of the molecule is CC(C#N)P(N)(=O)Cl. The number of hydrogen-bond donors (Lipinski definition) is 1. The van der Waals surface area contributed by atoms with E-state index in [0.717, 1.165) is 0 Å². The van der Waals surface area contributed by atoms with Gasteiger partial charge in [0.1, 0.15) is 5.66 Å². The Morgan fingerprint density at radius 3 is 2.38 bits per heavy atom. The van der Waals surface area contributed by atoms with Gasteiger partial charge in [0.15, 0.2) is 0 Å². The van der Waals surface area contributed by atoms with Crippen LogP contribution in [-0.2, 0) is 4.57 Å². The van der Waals surface area contributed by atoms with E-state index in [-0.39, 0.29) is 0 Å². The van der Waals surface area contributed by atoms with Gasteiger partial charge in [0.25, 0.3) is 0 Å². The third kappa shape index (κ3) is 2.32. The molecular formula is C3H6ClN2OP. The van der Waals surface area contributed by atoms with E-state index in [1.807, 2.05) is 0 Å². The highest BCUT2D eigenvalue weighted by Gasteiger charge is 2.20. The maximum atomic E-state index is 10.5. The van der Waals surface area contributed by atoms with Crippen molar-refractivity contribution in [2.24, 2.45) is 5.50 Å². The molecule has 8 heavy (non-hydrogen) atoms. The molecule has 0 aliphatic carbocycles. The van der Waals surface area contributed by atoms with Crippen LogP contribution in [0, 0.1) is 11.3 Å². The molecule has 46 valence electrons. The molecule has 0 aromatic rings. The lowest BCUT2D eigenvalue weighted by Gasteiger charge is -2.02. The molecule has 0 heterocycles. The second-order valence-electron chi connectivity index (χ2n) is 1.43. The van der Waals surface area contributed by atoms with Gasteiger partial charge in [-0.05, 0) is 18.2 Å². The van der Waals surface area contributed by atoms with Gasteiger partial charge in [-0.1, -0.05) is 0 Å². The Bertz CT molecular complexity index is 157. The summed E-state index contributed by atoms with van der Waals surface area (Å²) in [6, 6.07) is 1.68. The third-order valence-electron chi connectivity index (χ3n) is 0.715. The van der Waals surface area contributed by atoms with E-state index in [1.165, 1.54) is 6.92 Å². The Morgan fingerprint density at radius 2 is 2.38 bits per heavy atom. The lowest BCUT2D eigenvalue weighted by atomic mass is 10.5. The number of halogens is 1. The summed E-state index contributed by atoms with van der Waals surface area (Å²) in [5.74, 6) is 0. The zero-order valence-corrected chi connectivity index (χ0v) is 5.99. The Morgan fingerprint density at radius 1 is 2.00 bits per heavy atom. The number of nitrogens with zero attached hydrogens (tertiary/aromatic N) is 1. The van der Waals surface area contributed by atoms with Crippen LogP contribution < -0.4 is 5.50 Å². The molecule has 5 heteroatoms. The molecule has 3 nitrogen and oxygen atoms in total. The maximum absolute atomic E-state index is 10.5. The van der Waals surface area contributed by atoms with Crippen LogP contribution >= 0.6 is 17.9 Å². The fraction of sp³-hybridized carbons (Fsp3) is 0.667. The first-order valence-corrected chi connectivity index (χ1v) is 4.71. The van der Waals surface area contributed by atoms with E-state index in [9.17, 15) is 4.57 Å². The van der Waals surface area contributed by atoms with Crippen molar-refractivity contribution < 1.29 is 4.57 Å². The Balaban J connectivity index is 4.09. The summed E-state index contributed by atoms with van der Waals surface area (Å²) in [5.41, 5.74) is 4.14. The summed E-state index contributed by atoms with van der Waals surface area (Å²) in [6.45, 7) is -1.72. The highest BCUT2D eigenvalue weighted by Crippen LogP contribution is 2.46. The average molecular weight is 153 g/mol. The lowest BCUT2D eigenvalue weighted by molar-refractivity contribution is 0.582. The van der Waals surface area contributed by atoms with Crippen LogP contribution in [0.25, 0.3) is 0 Å². The largest absolute Gasteiger partial charge is 0.288 e. The van der Waals surface area contributed by atoms with Gasteiger partial charge in [-0.2, -0.15) is 5.26 Å². The van der Waals surface area contributed by atoms with Gasteiger partial charge in [-0.25, -0.2) is 0 Å². The second-order valence-corrected chi connectivity index (χ2v) is 5.04.